The molecule has 0 radical (unpaired) electrons. The van der Waals surface area contributed by atoms with Crippen LogP contribution in [0.5, 0.6) is 0 Å². The lowest BCUT2D eigenvalue weighted by atomic mass is 10.2. The summed E-state index contributed by atoms with van der Waals surface area (Å²) in [6, 6.07) is 0. The Bertz CT molecular complexity index is 584. The van der Waals surface area contributed by atoms with Crippen LogP contribution in [0.3, 0.4) is 0 Å². The second kappa shape index (κ2) is 8.58. The Kier molecular flexibility index (Phi) is 6.47. The zero-order valence-corrected chi connectivity index (χ0v) is 14.0. The van der Waals surface area contributed by atoms with E-state index in [2.05, 4.69) is 20.6 Å². The van der Waals surface area contributed by atoms with Crippen LogP contribution in [0.2, 0.25) is 0 Å². The van der Waals surface area contributed by atoms with E-state index in [1.807, 2.05) is 5.38 Å². The third-order valence-corrected chi connectivity index (χ3v) is 4.76. The number of aromatic nitrogens is 1. The molecule has 11 heteroatoms. The van der Waals surface area contributed by atoms with E-state index in [9.17, 15) is 10.1 Å². The summed E-state index contributed by atoms with van der Waals surface area (Å²) < 4.78 is 0. The third-order valence-electron chi connectivity index (χ3n) is 3.05. The summed E-state index contributed by atoms with van der Waals surface area (Å²) in [4.78, 5) is 19.0. The Morgan fingerprint density at radius 2 is 2.48 bits per heavy atom. The maximum Gasteiger partial charge on any atom is 0.285 e. The van der Waals surface area contributed by atoms with Gasteiger partial charge in [0.1, 0.15) is 5.37 Å². The molecule has 0 aromatic carbocycles. The van der Waals surface area contributed by atoms with Crippen LogP contribution in [0.25, 0.3) is 0 Å². The number of nitrogens with two attached hydrogens (primary N) is 2. The van der Waals surface area contributed by atoms with E-state index in [0.717, 1.165) is 18.7 Å². The topological polar surface area (TPSA) is 144 Å². The van der Waals surface area contributed by atoms with E-state index in [1.54, 1.807) is 5.51 Å². The molecule has 9 nitrogen and oxygen atoms in total. The summed E-state index contributed by atoms with van der Waals surface area (Å²) >= 11 is 3.00. The molecule has 1 atom stereocenters. The lowest BCUT2D eigenvalue weighted by Gasteiger charge is -2.18. The molecule has 6 N–H and O–H groups in total. The van der Waals surface area contributed by atoms with Crippen molar-refractivity contribution in [2.75, 3.05) is 18.8 Å². The number of hydrogen-bond acceptors (Lipinski definition) is 8. The number of thioether (sulfide) groups is 1. The van der Waals surface area contributed by atoms with Gasteiger partial charge in [-0.1, -0.05) is 0 Å². The standard InChI is InChI=1S/C12H19N7O2S2/c13-12(14)18-11(8-6-22-7-17-8)23-5-4-16-10-9(19(20)21)2-1-3-15-10/h6-7,11,15-16H,1-5H2,(H4,13,14,18). The van der Waals surface area contributed by atoms with Crippen LogP contribution in [0.1, 0.15) is 23.9 Å². The summed E-state index contributed by atoms with van der Waals surface area (Å²) in [5.74, 6) is 1.19. The van der Waals surface area contributed by atoms with Gasteiger partial charge in [-0.25, -0.2) is 9.98 Å². The second-order valence-corrected chi connectivity index (χ2v) is 6.63. The number of aliphatic imine (C=N–C) groups is 1. The van der Waals surface area contributed by atoms with Gasteiger partial charge >= 0.3 is 0 Å². The zero-order valence-electron chi connectivity index (χ0n) is 12.4. The zero-order chi connectivity index (χ0) is 16.7. The molecular formula is C12H19N7O2S2. The first-order valence-corrected chi connectivity index (χ1v) is 9.01. The van der Waals surface area contributed by atoms with Gasteiger partial charge in [-0.15, -0.1) is 23.1 Å². The van der Waals surface area contributed by atoms with Gasteiger partial charge < -0.3 is 22.1 Å². The van der Waals surface area contributed by atoms with Crippen LogP contribution in [-0.4, -0.2) is 34.7 Å². The van der Waals surface area contributed by atoms with Crippen molar-refractivity contribution < 1.29 is 4.92 Å². The van der Waals surface area contributed by atoms with E-state index in [-0.39, 0.29) is 22.0 Å². The predicted molar refractivity (Wildman–Crippen MR) is 92.4 cm³/mol. The molecule has 0 saturated heterocycles. The average molecular weight is 357 g/mol. The fourth-order valence-corrected chi connectivity index (χ4v) is 3.66. The van der Waals surface area contributed by atoms with E-state index in [0.29, 0.717) is 24.5 Å². The van der Waals surface area contributed by atoms with Crippen molar-refractivity contribution in [1.82, 2.24) is 15.6 Å². The molecule has 0 bridgehead atoms. The van der Waals surface area contributed by atoms with Crippen LogP contribution >= 0.6 is 23.1 Å². The van der Waals surface area contributed by atoms with Gasteiger partial charge in [0, 0.05) is 30.6 Å². The number of nitro groups is 1. The summed E-state index contributed by atoms with van der Waals surface area (Å²) in [7, 11) is 0. The van der Waals surface area contributed by atoms with E-state index >= 15 is 0 Å². The van der Waals surface area contributed by atoms with Crippen LogP contribution < -0.4 is 22.1 Å². The van der Waals surface area contributed by atoms with Crippen LogP contribution in [0.4, 0.5) is 0 Å². The number of nitrogens with zero attached hydrogens (tertiary/aromatic N) is 3. The van der Waals surface area contributed by atoms with Crippen molar-refractivity contribution in [3.05, 3.63) is 38.2 Å². The first-order chi connectivity index (χ1) is 11.1. The molecule has 23 heavy (non-hydrogen) atoms. The number of nitrogens with one attached hydrogen (secondary N) is 2. The Hall–Kier alpha value is -2.01. The molecule has 1 aromatic heterocycles. The van der Waals surface area contributed by atoms with Crippen LogP contribution in [-0.2, 0) is 0 Å². The number of thiazole rings is 1. The Morgan fingerprint density at radius 3 is 3.13 bits per heavy atom. The number of allylic oxidation sites excluding steroid dienone is 1. The first kappa shape index (κ1) is 17.3. The molecule has 1 aliphatic rings. The third kappa shape index (κ3) is 5.28. The predicted octanol–water partition coefficient (Wildman–Crippen LogP) is 0.567. The molecule has 0 spiro atoms. The normalized spacial score (nSPS) is 15.7. The molecule has 1 aromatic rings. The Morgan fingerprint density at radius 1 is 1.65 bits per heavy atom. The molecular weight excluding hydrogens is 338 g/mol. The van der Waals surface area contributed by atoms with Crippen molar-refractivity contribution in [3.8, 4) is 0 Å². The van der Waals surface area contributed by atoms with E-state index < -0.39 is 0 Å². The number of rotatable bonds is 8. The molecule has 1 aliphatic heterocycles. The van der Waals surface area contributed by atoms with Crippen molar-refractivity contribution in [1.29, 1.82) is 0 Å². The number of hydrogen-bond donors (Lipinski definition) is 4. The van der Waals surface area contributed by atoms with Gasteiger partial charge in [0.2, 0.25) is 0 Å². The summed E-state index contributed by atoms with van der Waals surface area (Å²) in [5, 5.41) is 18.7. The van der Waals surface area contributed by atoms with Crippen molar-refractivity contribution in [2.45, 2.75) is 18.2 Å². The van der Waals surface area contributed by atoms with Gasteiger partial charge in [0.05, 0.1) is 16.1 Å². The smallest absolute Gasteiger partial charge is 0.285 e. The summed E-state index contributed by atoms with van der Waals surface area (Å²) in [6.45, 7) is 1.30. The minimum Gasteiger partial charge on any atom is -0.370 e. The fraction of sp³-hybridized carbons (Fsp3) is 0.500. The van der Waals surface area contributed by atoms with Crippen molar-refractivity contribution >= 4 is 29.1 Å². The maximum absolute atomic E-state index is 11.0. The van der Waals surface area contributed by atoms with Crippen molar-refractivity contribution in [3.63, 3.8) is 0 Å². The Labute approximate surface area is 141 Å². The quantitative estimate of drug-likeness (QED) is 0.174. The molecule has 0 saturated carbocycles. The van der Waals surface area contributed by atoms with Gasteiger partial charge in [-0.2, -0.15) is 0 Å². The van der Waals surface area contributed by atoms with Crippen molar-refractivity contribution in [2.24, 2.45) is 16.5 Å². The Balaban J connectivity index is 1.88. The lowest BCUT2D eigenvalue weighted by molar-refractivity contribution is -0.430. The molecule has 2 rings (SSSR count). The average Bonchev–Trinajstić information content (AvgIpc) is 3.04. The fourth-order valence-electron chi connectivity index (χ4n) is 2.06. The second-order valence-electron chi connectivity index (χ2n) is 4.73. The SMILES string of the molecule is NC(N)=NC(SCCNC1=C([N+](=O)[O-])CCCN1)c1cscn1. The highest BCUT2D eigenvalue weighted by atomic mass is 32.2. The highest BCUT2D eigenvalue weighted by molar-refractivity contribution is 7.99. The summed E-state index contributed by atoms with van der Waals surface area (Å²) in [6.07, 6.45) is 1.25. The molecule has 2 heterocycles. The van der Waals surface area contributed by atoms with Crippen LogP contribution in [0.15, 0.2) is 27.4 Å². The molecule has 126 valence electrons. The van der Waals surface area contributed by atoms with E-state index in [1.165, 1.54) is 23.1 Å². The largest absolute Gasteiger partial charge is 0.370 e. The van der Waals surface area contributed by atoms with Gasteiger partial charge in [-0.3, -0.25) is 10.1 Å². The highest BCUT2D eigenvalue weighted by Crippen LogP contribution is 2.29. The van der Waals surface area contributed by atoms with Gasteiger partial charge in [-0.05, 0) is 6.42 Å². The van der Waals surface area contributed by atoms with Gasteiger partial charge in [0.15, 0.2) is 11.8 Å². The minimum absolute atomic E-state index is 0.00996. The molecule has 0 amide bonds. The highest BCUT2D eigenvalue weighted by Gasteiger charge is 2.22. The molecule has 0 fully saturated rings. The first-order valence-electron chi connectivity index (χ1n) is 7.01. The van der Waals surface area contributed by atoms with Crippen LogP contribution in [0, 0.1) is 10.1 Å². The molecule has 0 aliphatic carbocycles. The monoisotopic (exact) mass is 357 g/mol. The minimum atomic E-state index is -0.334. The number of guanidine groups is 1. The lowest BCUT2D eigenvalue weighted by Crippen LogP contribution is -2.35. The van der Waals surface area contributed by atoms with E-state index in [4.69, 9.17) is 11.5 Å². The van der Waals surface area contributed by atoms with Gasteiger partial charge in [0.25, 0.3) is 5.70 Å². The molecule has 1 unspecified atom stereocenters. The maximum atomic E-state index is 11.0. The summed E-state index contributed by atoms with van der Waals surface area (Å²) in [5.41, 5.74) is 13.6.